The van der Waals surface area contributed by atoms with Gasteiger partial charge in [-0.15, -0.1) is 0 Å². The number of carbonyl (C=O) groups excluding carboxylic acids is 1. The monoisotopic (exact) mass is 357 g/mol. The Kier molecular flexibility index (Phi) is 5.31. The van der Waals surface area contributed by atoms with Crippen molar-refractivity contribution in [2.45, 2.75) is 26.6 Å². The third-order valence-corrected chi connectivity index (χ3v) is 3.91. The minimum absolute atomic E-state index is 0.160. The molecule has 0 fully saturated rings. The van der Waals surface area contributed by atoms with Crippen LogP contribution in [-0.2, 0) is 19.7 Å². The van der Waals surface area contributed by atoms with Crippen LogP contribution < -0.4 is 4.74 Å². The minimum Gasteiger partial charge on any atom is -0.487 e. The Bertz CT molecular complexity index is 889. The molecule has 8 heteroatoms. The van der Waals surface area contributed by atoms with Crippen LogP contribution in [0, 0.1) is 5.82 Å². The first-order valence-corrected chi connectivity index (χ1v) is 8.25. The standard InChI is InChI=1S/C18H20FN5O2/c1-3-24-8-7-20-17(24)11-23(2)18(25)16-10-14(21-22-16)12-26-15-6-4-5-13(19)9-15/h4-10H,3,11-12H2,1-2H3,(H,21,22). The molecular formula is C18H20FN5O2. The zero-order chi connectivity index (χ0) is 18.5. The van der Waals surface area contributed by atoms with Crippen molar-refractivity contribution in [3.8, 4) is 5.75 Å². The van der Waals surface area contributed by atoms with E-state index >= 15 is 0 Å². The van der Waals surface area contributed by atoms with Gasteiger partial charge < -0.3 is 14.2 Å². The highest BCUT2D eigenvalue weighted by molar-refractivity contribution is 5.92. The summed E-state index contributed by atoms with van der Waals surface area (Å²) in [6, 6.07) is 7.51. The fourth-order valence-electron chi connectivity index (χ4n) is 2.52. The van der Waals surface area contributed by atoms with Crippen molar-refractivity contribution in [1.82, 2.24) is 24.6 Å². The Morgan fingerprint density at radius 3 is 3.00 bits per heavy atom. The fourth-order valence-corrected chi connectivity index (χ4v) is 2.52. The summed E-state index contributed by atoms with van der Waals surface area (Å²) in [4.78, 5) is 18.3. The smallest absolute Gasteiger partial charge is 0.274 e. The summed E-state index contributed by atoms with van der Waals surface area (Å²) in [7, 11) is 1.70. The van der Waals surface area contributed by atoms with Crippen LogP contribution in [-0.4, -0.2) is 37.6 Å². The molecule has 0 saturated heterocycles. The molecule has 26 heavy (non-hydrogen) atoms. The number of imidazole rings is 1. The summed E-state index contributed by atoms with van der Waals surface area (Å²) in [5.74, 6) is 0.642. The van der Waals surface area contributed by atoms with Gasteiger partial charge in [-0.2, -0.15) is 5.10 Å². The summed E-state index contributed by atoms with van der Waals surface area (Å²) in [5, 5.41) is 6.81. The Labute approximate surface area is 150 Å². The molecule has 0 aliphatic rings. The number of hydrogen-bond acceptors (Lipinski definition) is 4. The number of halogens is 1. The Morgan fingerprint density at radius 1 is 1.38 bits per heavy atom. The third kappa shape index (κ3) is 4.08. The van der Waals surface area contributed by atoms with E-state index in [4.69, 9.17) is 4.74 Å². The summed E-state index contributed by atoms with van der Waals surface area (Å²) in [5.41, 5.74) is 0.918. The molecule has 1 N–H and O–H groups in total. The van der Waals surface area contributed by atoms with E-state index in [-0.39, 0.29) is 18.3 Å². The molecule has 0 spiro atoms. The maximum atomic E-state index is 13.1. The van der Waals surface area contributed by atoms with Gasteiger partial charge in [-0.1, -0.05) is 6.07 Å². The second kappa shape index (κ2) is 7.81. The zero-order valence-corrected chi connectivity index (χ0v) is 14.6. The molecule has 1 amide bonds. The van der Waals surface area contributed by atoms with Crippen molar-refractivity contribution < 1.29 is 13.9 Å². The Balaban J connectivity index is 1.60. The molecule has 136 valence electrons. The highest BCUT2D eigenvalue weighted by Crippen LogP contribution is 2.14. The molecule has 0 atom stereocenters. The minimum atomic E-state index is -0.366. The van der Waals surface area contributed by atoms with Crippen LogP contribution in [0.4, 0.5) is 4.39 Å². The van der Waals surface area contributed by atoms with E-state index in [1.807, 2.05) is 17.7 Å². The third-order valence-electron chi connectivity index (χ3n) is 3.91. The number of H-pyrrole nitrogens is 1. The van der Waals surface area contributed by atoms with Gasteiger partial charge in [0.2, 0.25) is 0 Å². The lowest BCUT2D eigenvalue weighted by Crippen LogP contribution is -2.28. The van der Waals surface area contributed by atoms with E-state index in [2.05, 4.69) is 15.2 Å². The van der Waals surface area contributed by atoms with Gasteiger partial charge in [0.1, 0.15) is 24.0 Å². The number of aromatic nitrogens is 4. The Hall–Kier alpha value is -3.16. The molecule has 1 aromatic carbocycles. The van der Waals surface area contributed by atoms with Crippen LogP contribution in [0.5, 0.6) is 5.75 Å². The second-order valence-corrected chi connectivity index (χ2v) is 5.82. The number of amides is 1. The van der Waals surface area contributed by atoms with Crippen molar-refractivity contribution >= 4 is 5.91 Å². The van der Waals surface area contributed by atoms with Gasteiger partial charge >= 0.3 is 0 Å². The lowest BCUT2D eigenvalue weighted by atomic mass is 10.3. The molecule has 3 aromatic rings. The van der Waals surface area contributed by atoms with Crippen LogP contribution in [0.2, 0.25) is 0 Å². The van der Waals surface area contributed by atoms with Crippen molar-refractivity contribution in [3.05, 3.63) is 65.8 Å². The molecule has 0 aliphatic heterocycles. The highest BCUT2D eigenvalue weighted by atomic mass is 19.1. The Morgan fingerprint density at radius 2 is 2.23 bits per heavy atom. The van der Waals surface area contributed by atoms with Gasteiger partial charge in [-0.05, 0) is 25.1 Å². The maximum Gasteiger partial charge on any atom is 0.274 e. The first kappa shape index (κ1) is 17.7. The lowest BCUT2D eigenvalue weighted by Gasteiger charge is -2.16. The molecule has 0 bridgehead atoms. The topological polar surface area (TPSA) is 76.0 Å². The van der Waals surface area contributed by atoms with Crippen molar-refractivity contribution in [1.29, 1.82) is 0 Å². The maximum absolute atomic E-state index is 13.1. The number of nitrogens with one attached hydrogen (secondary N) is 1. The number of benzene rings is 1. The van der Waals surface area contributed by atoms with E-state index < -0.39 is 0 Å². The van der Waals surface area contributed by atoms with Gasteiger partial charge in [0.05, 0.1) is 12.2 Å². The molecule has 2 heterocycles. The van der Waals surface area contributed by atoms with Gasteiger partial charge in [-0.3, -0.25) is 9.89 Å². The molecule has 0 radical (unpaired) electrons. The molecular weight excluding hydrogens is 337 g/mol. The van der Waals surface area contributed by atoms with Gasteiger partial charge in [0, 0.05) is 32.1 Å². The molecule has 3 rings (SSSR count). The van der Waals surface area contributed by atoms with Crippen molar-refractivity contribution in [2.75, 3.05) is 7.05 Å². The van der Waals surface area contributed by atoms with E-state index in [1.54, 1.807) is 36.3 Å². The first-order chi connectivity index (χ1) is 12.6. The quantitative estimate of drug-likeness (QED) is 0.705. The van der Waals surface area contributed by atoms with Crippen LogP contribution in [0.3, 0.4) is 0 Å². The molecule has 7 nitrogen and oxygen atoms in total. The number of carbonyl (C=O) groups is 1. The number of nitrogens with zero attached hydrogens (tertiary/aromatic N) is 4. The lowest BCUT2D eigenvalue weighted by molar-refractivity contribution is 0.0774. The molecule has 0 aliphatic carbocycles. The van der Waals surface area contributed by atoms with E-state index in [1.165, 1.54) is 12.1 Å². The van der Waals surface area contributed by atoms with E-state index in [9.17, 15) is 9.18 Å². The number of hydrogen-bond donors (Lipinski definition) is 1. The van der Waals surface area contributed by atoms with Crippen LogP contribution in [0.15, 0.2) is 42.7 Å². The van der Waals surface area contributed by atoms with Crippen LogP contribution in [0.25, 0.3) is 0 Å². The van der Waals surface area contributed by atoms with Crippen molar-refractivity contribution in [3.63, 3.8) is 0 Å². The SMILES string of the molecule is CCn1ccnc1CN(C)C(=O)c1cc(COc2cccc(F)c2)[nH]n1. The summed E-state index contributed by atoms with van der Waals surface area (Å²) in [6.07, 6.45) is 3.59. The average Bonchev–Trinajstić information content (AvgIpc) is 3.28. The molecule has 0 saturated carbocycles. The summed E-state index contributed by atoms with van der Waals surface area (Å²) in [6.45, 7) is 3.36. The predicted octanol–water partition coefficient (Wildman–Crippen LogP) is 2.62. The molecule has 0 unspecified atom stereocenters. The van der Waals surface area contributed by atoms with Crippen molar-refractivity contribution in [2.24, 2.45) is 0 Å². The number of aromatic amines is 1. The number of rotatable bonds is 7. The van der Waals surface area contributed by atoms with Gasteiger partial charge in [0.15, 0.2) is 5.69 Å². The zero-order valence-electron chi connectivity index (χ0n) is 14.6. The summed E-state index contributed by atoms with van der Waals surface area (Å²) >= 11 is 0. The number of ether oxygens (including phenoxy) is 1. The van der Waals surface area contributed by atoms with E-state index in [0.717, 1.165) is 12.4 Å². The van der Waals surface area contributed by atoms with Crippen LogP contribution >= 0.6 is 0 Å². The second-order valence-electron chi connectivity index (χ2n) is 5.82. The molecule has 2 aromatic heterocycles. The van der Waals surface area contributed by atoms with Gasteiger partial charge in [0.25, 0.3) is 5.91 Å². The normalized spacial score (nSPS) is 10.7. The van der Waals surface area contributed by atoms with Crippen LogP contribution in [0.1, 0.15) is 28.9 Å². The largest absolute Gasteiger partial charge is 0.487 e. The predicted molar refractivity (Wildman–Crippen MR) is 93.0 cm³/mol. The average molecular weight is 357 g/mol. The van der Waals surface area contributed by atoms with E-state index in [0.29, 0.717) is 23.7 Å². The highest BCUT2D eigenvalue weighted by Gasteiger charge is 2.17. The summed E-state index contributed by atoms with van der Waals surface area (Å²) < 4.78 is 20.6. The van der Waals surface area contributed by atoms with Gasteiger partial charge in [-0.25, -0.2) is 9.37 Å². The first-order valence-electron chi connectivity index (χ1n) is 8.25. The fraction of sp³-hybridized carbons (Fsp3) is 0.278. The number of aryl methyl sites for hydroxylation is 1.